The lowest BCUT2D eigenvalue weighted by Gasteiger charge is -2.30. The summed E-state index contributed by atoms with van der Waals surface area (Å²) in [6.45, 7) is 4.06. The summed E-state index contributed by atoms with van der Waals surface area (Å²) < 4.78 is 6.77. The summed E-state index contributed by atoms with van der Waals surface area (Å²) in [5.74, 6) is 0.924. The van der Waals surface area contributed by atoms with E-state index < -0.39 is 0 Å². The van der Waals surface area contributed by atoms with Crippen molar-refractivity contribution in [2.24, 2.45) is 5.73 Å². The minimum absolute atomic E-state index is 0. The zero-order valence-electron chi connectivity index (χ0n) is 11.5. The summed E-state index contributed by atoms with van der Waals surface area (Å²) in [5, 5.41) is 0. The van der Waals surface area contributed by atoms with Crippen molar-refractivity contribution in [1.29, 1.82) is 0 Å². The number of likely N-dealkylation sites (tertiary alicyclic amines) is 1. The van der Waals surface area contributed by atoms with Crippen LogP contribution in [0.15, 0.2) is 28.7 Å². The Hall–Kier alpha value is -0.000000000000000111. The van der Waals surface area contributed by atoms with Crippen molar-refractivity contribution >= 4 is 40.7 Å². The van der Waals surface area contributed by atoms with Crippen LogP contribution in [0.2, 0.25) is 0 Å². The van der Waals surface area contributed by atoms with Crippen LogP contribution in [-0.2, 0) is 0 Å². The predicted octanol–water partition coefficient (Wildman–Crippen LogP) is 3.48. The highest BCUT2D eigenvalue weighted by Crippen LogP contribution is 2.23. The standard InChI is InChI=1S/C14H21BrN2O.2ClH/c15-13-6-1-2-7-14(13)18-10-4-9-17-8-3-5-12(16)11-17;;/h1-2,6-7,12H,3-5,8-11,16H2;2*1H. The Kier molecular flexibility index (Phi) is 10.7. The van der Waals surface area contributed by atoms with Gasteiger partial charge in [-0.3, -0.25) is 0 Å². The number of ether oxygens (including phenoxy) is 1. The average molecular weight is 386 g/mol. The lowest BCUT2D eigenvalue weighted by Crippen LogP contribution is -2.43. The maximum atomic E-state index is 5.96. The highest BCUT2D eigenvalue weighted by Gasteiger charge is 2.15. The second kappa shape index (κ2) is 10.7. The molecule has 1 atom stereocenters. The van der Waals surface area contributed by atoms with Gasteiger partial charge in [0, 0.05) is 19.1 Å². The van der Waals surface area contributed by atoms with Gasteiger partial charge in [-0.25, -0.2) is 0 Å². The number of nitrogens with two attached hydrogens (primary N) is 1. The van der Waals surface area contributed by atoms with E-state index in [9.17, 15) is 0 Å². The number of hydrogen-bond acceptors (Lipinski definition) is 3. The fraction of sp³-hybridized carbons (Fsp3) is 0.571. The minimum Gasteiger partial charge on any atom is -0.492 e. The number of halogens is 3. The number of benzene rings is 1. The van der Waals surface area contributed by atoms with Gasteiger partial charge in [0.2, 0.25) is 0 Å². The van der Waals surface area contributed by atoms with Crippen LogP contribution in [-0.4, -0.2) is 37.2 Å². The highest BCUT2D eigenvalue weighted by molar-refractivity contribution is 9.10. The lowest BCUT2D eigenvalue weighted by atomic mass is 10.1. The molecule has 2 rings (SSSR count). The SMILES string of the molecule is Cl.Cl.NC1CCCN(CCCOc2ccccc2Br)C1. The van der Waals surface area contributed by atoms with Gasteiger partial charge in [-0.1, -0.05) is 12.1 Å². The number of rotatable bonds is 5. The van der Waals surface area contributed by atoms with E-state index in [2.05, 4.69) is 20.8 Å². The quantitative estimate of drug-likeness (QED) is 0.788. The molecule has 116 valence electrons. The van der Waals surface area contributed by atoms with Gasteiger partial charge in [-0.15, -0.1) is 24.8 Å². The molecule has 1 aromatic carbocycles. The first-order valence-electron chi connectivity index (χ1n) is 6.61. The summed E-state index contributed by atoms with van der Waals surface area (Å²) in [6.07, 6.45) is 3.45. The molecule has 3 nitrogen and oxygen atoms in total. The lowest BCUT2D eigenvalue weighted by molar-refractivity contribution is 0.190. The smallest absolute Gasteiger partial charge is 0.133 e. The summed E-state index contributed by atoms with van der Waals surface area (Å²) in [7, 11) is 0. The van der Waals surface area contributed by atoms with Crippen molar-refractivity contribution in [3.05, 3.63) is 28.7 Å². The van der Waals surface area contributed by atoms with Gasteiger partial charge < -0.3 is 15.4 Å². The van der Waals surface area contributed by atoms with Crippen molar-refractivity contribution in [3.8, 4) is 5.75 Å². The topological polar surface area (TPSA) is 38.5 Å². The molecule has 2 N–H and O–H groups in total. The predicted molar refractivity (Wildman–Crippen MR) is 92.4 cm³/mol. The maximum Gasteiger partial charge on any atom is 0.133 e. The molecule has 1 aliphatic rings. The van der Waals surface area contributed by atoms with E-state index >= 15 is 0 Å². The zero-order valence-corrected chi connectivity index (χ0v) is 14.7. The number of hydrogen-bond donors (Lipinski definition) is 1. The zero-order chi connectivity index (χ0) is 12.8. The van der Waals surface area contributed by atoms with Gasteiger partial charge in [0.15, 0.2) is 0 Å². The third kappa shape index (κ3) is 6.64. The Morgan fingerprint density at radius 3 is 2.75 bits per heavy atom. The van der Waals surface area contributed by atoms with Gasteiger partial charge in [-0.2, -0.15) is 0 Å². The minimum atomic E-state index is 0. The Bertz CT molecular complexity index is 382. The fourth-order valence-electron chi connectivity index (χ4n) is 2.33. The molecule has 0 radical (unpaired) electrons. The number of nitrogens with zero attached hydrogens (tertiary/aromatic N) is 1. The van der Waals surface area contributed by atoms with E-state index in [-0.39, 0.29) is 24.8 Å². The van der Waals surface area contributed by atoms with Crippen molar-refractivity contribution in [2.75, 3.05) is 26.2 Å². The normalized spacial score (nSPS) is 18.8. The molecule has 1 unspecified atom stereocenters. The van der Waals surface area contributed by atoms with E-state index in [1.807, 2.05) is 24.3 Å². The molecular weight excluding hydrogens is 363 g/mol. The molecule has 0 aromatic heterocycles. The molecule has 1 aliphatic heterocycles. The van der Waals surface area contributed by atoms with Crippen LogP contribution in [0.3, 0.4) is 0 Å². The second-order valence-corrected chi connectivity index (χ2v) is 5.69. The second-order valence-electron chi connectivity index (χ2n) is 4.84. The van der Waals surface area contributed by atoms with Gasteiger partial charge in [0.1, 0.15) is 5.75 Å². The van der Waals surface area contributed by atoms with Gasteiger partial charge >= 0.3 is 0 Å². The molecule has 0 saturated carbocycles. The monoisotopic (exact) mass is 384 g/mol. The maximum absolute atomic E-state index is 5.96. The first-order valence-corrected chi connectivity index (χ1v) is 7.40. The van der Waals surface area contributed by atoms with E-state index in [0.29, 0.717) is 6.04 Å². The van der Waals surface area contributed by atoms with Crippen molar-refractivity contribution in [3.63, 3.8) is 0 Å². The molecule has 0 spiro atoms. The fourth-order valence-corrected chi connectivity index (χ4v) is 2.73. The number of piperidine rings is 1. The van der Waals surface area contributed by atoms with Crippen LogP contribution in [0.4, 0.5) is 0 Å². The summed E-state index contributed by atoms with van der Waals surface area (Å²) in [6, 6.07) is 8.33. The highest BCUT2D eigenvalue weighted by atomic mass is 79.9. The molecule has 6 heteroatoms. The van der Waals surface area contributed by atoms with Crippen LogP contribution in [0.25, 0.3) is 0 Å². The molecule has 1 heterocycles. The first-order chi connectivity index (χ1) is 8.75. The van der Waals surface area contributed by atoms with Crippen LogP contribution in [0.5, 0.6) is 5.75 Å². The number of para-hydroxylation sites is 1. The van der Waals surface area contributed by atoms with E-state index in [1.54, 1.807) is 0 Å². The Labute approximate surface area is 142 Å². The van der Waals surface area contributed by atoms with Gasteiger partial charge in [-0.05, 0) is 53.9 Å². The van der Waals surface area contributed by atoms with Crippen molar-refractivity contribution in [1.82, 2.24) is 4.90 Å². The summed E-state index contributed by atoms with van der Waals surface area (Å²) >= 11 is 3.48. The molecule has 1 saturated heterocycles. The summed E-state index contributed by atoms with van der Waals surface area (Å²) in [4.78, 5) is 2.44. The molecule has 1 aromatic rings. The Morgan fingerprint density at radius 1 is 1.30 bits per heavy atom. The first kappa shape index (κ1) is 20.0. The van der Waals surface area contributed by atoms with Crippen molar-refractivity contribution < 1.29 is 4.74 Å². The molecule has 0 bridgehead atoms. The molecule has 20 heavy (non-hydrogen) atoms. The van der Waals surface area contributed by atoms with Gasteiger partial charge in [0.25, 0.3) is 0 Å². The molecule has 0 aliphatic carbocycles. The van der Waals surface area contributed by atoms with Gasteiger partial charge in [0.05, 0.1) is 11.1 Å². The molecule has 0 amide bonds. The molecular formula is C14H23BrCl2N2O. The summed E-state index contributed by atoms with van der Waals surface area (Å²) in [5.41, 5.74) is 5.96. The Morgan fingerprint density at radius 2 is 2.05 bits per heavy atom. The third-order valence-corrected chi connectivity index (χ3v) is 3.91. The van der Waals surface area contributed by atoms with Crippen LogP contribution >= 0.6 is 40.7 Å². The largest absolute Gasteiger partial charge is 0.492 e. The van der Waals surface area contributed by atoms with Crippen LogP contribution in [0, 0.1) is 0 Å². The van der Waals surface area contributed by atoms with Crippen LogP contribution < -0.4 is 10.5 Å². The Balaban J connectivity index is 0.00000180. The average Bonchev–Trinajstić information content (AvgIpc) is 2.37. The van der Waals surface area contributed by atoms with E-state index in [4.69, 9.17) is 10.5 Å². The third-order valence-electron chi connectivity index (χ3n) is 3.25. The van der Waals surface area contributed by atoms with E-state index in [1.165, 1.54) is 19.4 Å². The van der Waals surface area contributed by atoms with Crippen molar-refractivity contribution in [2.45, 2.75) is 25.3 Å². The van der Waals surface area contributed by atoms with Crippen LogP contribution in [0.1, 0.15) is 19.3 Å². The van der Waals surface area contributed by atoms with E-state index in [0.717, 1.165) is 36.3 Å². The molecule has 1 fully saturated rings.